The van der Waals surface area contributed by atoms with Gasteiger partial charge in [0.15, 0.2) is 0 Å². The van der Waals surface area contributed by atoms with Crippen molar-refractivity contribution in [1.82, 2.24) is 0 Å². The van der Waals surface area contributed by atoms with Crippen molar-refractivity contribution in [2.45, 2.75) is 5.37 Å². The molecule has 0 aliphatic carbocycles. The summed E-state index contributed by atoms with van der Waals surface area (Å²) < 4.78 is 0. The summed E-state index contributed by atoms with van der Waals surface area (Å²) in [6.07, 6.45) is 0. The number of azo groups is 1. The summed E-state index contributed by atoms with van der Waals surface area (Å²) in [7, 11) is 0. The number of hydrogen-bond donors (Lipinski definition) is 0. The molecular weight excluding hydrogens is 214 g/mol. The van der Waals surface area contributed by atoms with Gasteiger partial charge in [-0.1, -0.05) is 0 Å². The molecule has 0 fully saturated rings. The third kappa shape index (κ3) is 2.33. The van der Waals surface area contributed by atoms with Gasteiger partial charge in [-0.15, -0.1) is 11.8 Å². The second-order valence-corrected chi connectivity index (χ2v) is 4.24. The molecule has 0 bridgehead atoms. The van der Waals surface area contributed by atoms with E-state index in [0.717, 1.165) is 17.9 Å². The zero-order valence-electron chi connectivity index (χ0n) is 7.87. The maximum atomic E-state index is 10.4. The first-order chi connectivity index (χ1) is 7.27. The molecule has 1 unspecified atom stereocenters. The molecule has 0 N–H and O–H groups in total. The Balaban J connectivity index is 2.19. The van der Waals surface area contributed by atoms with E-state index in [-0.39, 0.29) is 11.1 Å². The van der Waals surface area contributed by atoms with Gasteiger partial charge in [-0.25, -0.2) is 0 Å². The van der Waals surface area contributed by atoms with Crippen LogP contribution in [-0.4, -0.2) is 17.2 Å². The van der Waals surface area contributed by atoms with Crippen LogP contribution in [0, 0.1) is 10.1 Å². The number of hydrogen-bond acceptors (Lipinski definition) is 5. The highest BCUT2D eigenvalue weighted by Gasteiger charge is 2.14. The maximum absolute atomic E-state index is 10.4. The molecule has 0 saturated carbocycles. The second-order valence-electron chi connectivity index (χ2n) is 3.05. The number of nitro benzene ring substituents is 1. The first-order valence-electron chi connectivity index (χ1n) is 4.50. The molecule has 15 heavy (non-hydrogen) atoms. The van der Waals surface area contributed by atoms with Gasteiger partial charge in [0.1, 0.15) is 5.37 Å². The Labute approximate surface area is 90.7 Å². The highest BCUT2D eigenvalue weighted by Crippen LogP contribution is 2.33. The molecule has 1 heterocycles. The first-order valence-corrected chi connectivity index (χ1v) is 5.55. The van der Waals surface area contributed by atoms with Crippen molar-refractivity contribution in [2.24, 2.45) is 10.2 Å². The fraction of sp³-hybridized carbons (Fsp3) is 0.333. The summed E-state index contributed by atoms with van der Waals surface area (Å²) in [5.41, 5.74) is 1.07. The van der Waals surface area contributed by atoms with Crippen LogP contribution in [0.3, 0.4) is 0 Å². The van der Waals surface area contributed by atoms with Crippen LogP contribution in [0.15, 0.2) is 34.5 Å². The quantitative estimate of drug-likeness (QED) is 0.571. The molecule has 78 valence electrons. The Bertz CT molecular complexity index is 391. The topological polar surface area (TPSA) is 67.9 Å². The molecule has 0 saturated heterocycles. The molecule has 0 radical (unpaired) electrons. The highest BCUT2D eigenvalue weighted by atomic mass is 32.2. The lowest BCUT2D eigenvalue weighted by molar-refractivity contribution is -0.384. The molecule has 1 aliphatic rings. The van der Waals surface area contributed by atoms with Gasteiger partial charge in [0.05, 0.1) is 11.5 Å². The van der Waals surface area contributed by atoms with E-state index in [1.165, 1.54) is 12.1 Å². The Hall–Kier alpha value is -1.43. The lowest BCUT2D eigenvalue weighted by Crippen LogP contribution is -1.99. The summed E-state index contributed by atoms with van der Waals surface area (Å²) in [5, 5.41) is 18.5. The average molecular weight is 223 g/mol. The number of thioether (sulfide) groups is 1. The van der Waals surface area contributed by atoms with Crippen LogP contribution in [0.4, 0.5) is 5.69 Å². The van der Waals surface area contributed by atoms with Crippen molar-refractivity contribution in [2.75, 3.05) is 12.3 Å². The van der Waals surface area contributed by atoms with Gasteiger partial charge < -0.3 is 0 Å². The van der Waals surface area contributed by atoms with Crippen LogP contribution < -0.4 is 0 Å². The molecule has 2 rings (SSSR count). The van der Waals surface area contributed by atoms with Crippen molar-refractivity contribution in [3.63, 3.8) is 0 Å². The summed E-state index contributed by atoms with van der Waals surface area (Å²) in [4.78, 5) is 10.0. The largest absolute Gasteiger partial charge is 0.269 e. The summed E-state index contributed by atoms with van der Waals surface area (Å²) >= 11 is 1.70. The number of nitro groups is 1. The van der Waals surface area contributed by atoms with E-state index in [9.17, 15) is 10.1 Å². The molecule has 1 aromatic rings. The van der Waals surface area contributed by atoms with Crippen LogP contribution in [-0.2, 0) is 0 Å². The van der Waals surface area contributed by atoms with Gasteiger partial charge in [-0.2, -0.15) is 10.2 Å². The standard InChI is InChI=1S/C9H9N3O2S/c13-12(14)8-3-1-7(2-4-8)9-11-10-5-6-15-9/h1-4,9H,5-6H2. The van der Waals surface area contributed by atoms with Crippen molar-refractivity contribution in [1.29, 1.82) is 0 Å². The van der Waals surface area contributed by atoms with E-state index in [2.05, 4.69) is 10.2 Å². The summed E-state index contributed by atoms with van der Waals surface area (Å²) in [6.45, 7) is 0.758. The molecule has 6 heteroatoms. The zero-order valence-corrected chi connectivity index (χ0v) is 8.68. The normalized spacial score (nSPS) is 20.1. The summed E-state index contributed by atoms with van der Waals surface area (Å²) in [5.74, 6) is 0.950. The number of nitrogens with zero attached hydrogens (tertiary/aromatic N) is 3. The van der Waals surface area contributed by atoms with Gasteiger partial charge in [0.2, 0.25) is 0 Å². The molecule has 1 aromatic carbocycles. The minimum absolute atomic E-state index is 0.000413. The van der Waals surface area contributed by atoms with Crippen molar-refractivity contribution in [3.05, 3.63) is 39.9 Å². The predicted octanol–water partition coefficient (Wildman–Crippen LogP) is 2.79. The number of non-ortho nitro benzene ring substituents is 1. The van der Waals surface area contributed by atoms with Crippen LogP contribution in [0.25, 0.3) is 0 Å². The fourth-order valence-corrected chi connectivity index (χ4v) is 2.19. The fourth-order valence-electron chi connectivity index (χ4n) is 1.29. The van der Waals surface area contributed by atoms with Crippen LogP contribution in [0.1, 0.15) is 10.9 Å². The van der Waals surface area contributed by atoms with Gasteiger partial charge in [-0.05, 0) is 17.7 Å². The molecule has 5 nitrogen and oxygen atoms in total. The molecule has 1 aliphatic heterocycles. The Morgan fingerprint density at radius 1 is 1.40 bits per heavy atom. The van der Waals surface area contributed by atoms with E-state index >= 15 is 0 Å². The summed E-state index contributed by atoms with van der Waals surface area (Å²) in [6, 6.07) is 6.47. The first kappa shape index (κ1) is 10.1. The van der Waals surface area contributed by atoms with Gasteiger partial charge in [0.25, 0.3) is 5.69 Å². The highest BCUT2D eigenvalue weighted by molar-refractivity contribution is 7.99. The van der Waals surface area contributed by atoms with E-state index < -0.39 is 4.92 Å². The third-order valence-corrected chi connectivity index (χ3v) is 3.14. The minimum atomic E-state index is -0.403. The van der Waals surface area contributed by atoms with E-state index in [4.69, 9.17) is 0 Å². The van der Waals surface area contributed by atoms with Crippen molar-refractivity contribution in [3.8, 4) is 0 Å². The van der Waals surface area contributed by atoms with E-state index in [0.29, 0.717) is 0 Å². The van der Waals surface area contributed by atoms with Crippen molar-refractivity contribution < 1.29 is 4.92 Å². The van der Waals surface area contributed by atoms with E-state index in [1.807, 2.05) is 0 Å². The Morgan fingerprint density at radius 3 is 2.67 bits per heavy atom. The average Bonchev–Trinajstić information content (AvgIpc) is 2.30. The Morgan fingerprint density at radius 2 is 2.13 bits per heavy atom. The maximum Gasteiger partial charge on any atom is 0.269 e. The zero-order chi connectivity index (χ0) is 10.7. The number of rotatable bonds is 2. The van der Waals surface area contributed by atoms with Crippen LogP contribution in [0.5, 0.6) is 0 Å². The predicted molar refractivity (Wildman–Crippen MR) is 58.0 cm³/mol. The van der Waals surface area contributed by atoms with Gasteiger partial charge in [0, 0.05) is 17.9 Å². The van der Waals surface area contributed by atoms with Crippen LogP contribution in [0.2, 0.25) is 0 Å². The second kappa shape index (κ2) is 4.39. The molecule has 1 atom stereocenters. The van der Waals surface area contributed by atoms with Crippen LogP contribution >= 0.6 is 11.8 Å². The monoisotopic (exact) mass is 223 g/mol. The molecule has 0 spiro atoms. The van der Waals surface area contributed by atoms with Crippen molar-refractivity contribution >= 4 is 17.4 Å². The van der Waals surface area contributed by atoms with Gasteiger partial charge >= 0.3 is 0 Å². The smallest absolute Gasteiger partial charge is 0.258 e. The SMILES string of the molecule is O=[N+]([O-])c1ccc(C2N=NCCS2)cc1. The third-order valence-electron chi connectivity index (χ3n) is 2.04. The Kier molecular flexibility index (Phi) is 2.96. The lowest BCUT2D eigenvalue weighted by atomic mass is 10.2. The molecule has 0 aromatic heterocycles. The van der Waals surface area contributed by atoms with E-state index in [1.54, 1.807) is 23.9 Å². The minimum Gasteiger partial charge on any atom is -0.258 e. The lowest BCUT2D eigenvalue weighted by Gasteiger charge is -2.13. The van der Waals surface area contributed by atoms with Gasteiger partial charge in [-0.3, -0.25) is 10.1 Å². The molecular formula is C9H9N3O2S. The number of benzene rings is 1. The molecule has 0 amide bonds.